The molecule has 2 N–H and O–H groups in total. The number of hydrogen-bond donors (Lipinski definition) is 1. The number of nitrogens with two attached hydrogens (primary N) is 1. The number of nitrogen functional groups attached to an aromatic ring is 1. The first-order valence-electron chi connectivity index (χ1n) is 3.82. The summed E-state index contributed by atoms with van der Waals surface area (Å²) in [6, 6.07) is 7.77. The van der Waals surface area contributed by atoms with Crippen molar-refractivity contribution in [3.05, 3.63) is 40.2 Å². The summed E-state index contributed by atoms with van der Waals surface area (Å²) in [6.45, 7) is 0. The minimum Gasteiger partial charge on any atom is -0.397 e. The Kier molecular flexibility index (Phi) is 2.22. The first-order valence-corrected chi connectivity index (χ1v) is 4.90. The zero-order valence-corrected chi connectivity index (χ0v) is 8.97. The average Bonchev–Trinajstić information content (AvgIpc) is 2.56. The molecule has 0 amide bonds. The van der Waals surface area contributed by atoms with Gasteiger partial charge in [-0.25, -0.2) is 4.68 Å². The fourth-order valence-corrected chi connectivity index (χ4v) is 1.66. The van der Waals surface area contributed by atoms with E-state index in [9.17, 15) is 0 Å². The lowest BCUT2D eigenvalue weighted by Crippen LogP contribution is -1.99. The molecular formula is C9H8IN3. The molecule has 0 bridgehead atoms. The first-order chi connectivity index (χ1) is 6.27. The number of hydrogen-bond acceptors (Lipinski definition) is 2. The highest BCUT2D eigenvalue weighted by Gasteiger charge is 2.00. The molecule has 0 aliphatic rings. The van der Waals surface area contributed by atoms with Crippen LogP contribution in [0.3, 0.4) is 0 Å². The Bertz CT molecular complexity index is 409. The molecule has 0 aliphatic heterocycles. The Morgan fingerprint density at radius 1 is 1.38 bits per heavy atom. The summed E-state index contributed by atoms with van der Waals surface area (Å²) < 4.78 is 2.89. The van der Waals surface area contributed by atoms with Crippen LogP contribution in [0.5, 0.6) is 0 Å². The second kappa shape index (κ2) is 3.37. The van der Waals surface area contributed by atoms with Gasteiger partial charge in [0.1, 0.15) is 0 Å². The molecule has 1 heterocycles. The van der Waals surface area contributed by atoms with Gasteiger partial charge >= 0.3 is 0 Å². The van der Waals surface area contributed by atoms with Crippen LogP contribution in [-0.4, -0.2) is 9.78 Å². The lowest BCUT2D eigenvalue weighted by atomic mass is 10.3. The van der Waals surface area contributed by atoms with E-state index >= 15 is 0 Å². The normalized spacial score (nSPS) is 10.2. The first kappa shape index (κ1) is 8.55. The van der Waals surface area contributed by atoms with Crippen molar-refractivity contribution in [1.29, 1.82) is 0 Å². The summed E-state index contributed by atoms with van der Waals surface area (Å²) in [6.07, 6.45) is 3.61. The molecule has 4 heteroatoms. The molecule has 3 nitrogen and oxygen atoms in total. The highest BCUT2D eigenvalue weighted by atomic mass is 127. The van der Waals surface area contributed by atoms with Crippen molar-refractivity contribution in [2.45, 2.75) is 0 Å². The summed E-state index contributed by atoms with van der Waals surface area (Å²) >= 11 is 2.23. The highest BCUT2D eigenvalue weighted by molar-refractivity contribution is 14.1. The predicted molar refractivity (Wildman–Crippen MR) is 60.7 cm³/mol. The predicted octanol–water partition coefficient (Wildman–Crippen LogP) is 2.06. The van der Waals surface area contributed by atoms with Crippen molar-refractivity contribution in [3.8, 4) is 5.69 Å². The van der Waals surface area contributed by atoms with Crippen LogP contribution in [0, 0.1) is 3.57 Å². The third kappa shape index (κ3) is 1.67. The molecule has 13 heavy (non-hydrogen) atoms. The molecule has 0 saturated carbocycles. The Hall–Kier alpha value is -1.04. The zero-order chi connectivity index (χ0) is 9.26. The maximum Gasteiger partial charge on any atom is 0.0875 e. The largest absolute Gasteiger partial charge is 0.397 e. The van der Waals surface area contributed by atoms with E-state index in [2.05, 4.69) is 27.7 Å². The highest BCUT2D eigenvalue weighted by Crippen LogP contribution is 2.18. The van der Waals surface area contributed by atoms with Gasteiger partial charge in [-0.3, -0.25) is 0 Å². The van der Waals surface area contributed by atoms with Crippen LogP contribution in [0.25, 0.3) is 5.69 Å². The van der Waals surface area contributed by atoms with Crippen LogP contribution in [0.2, 0.25) is 0 Å². The maximum absolute atomic E-state index is 5.85. The molecule has 2 rings (SSSR count). The van der Waals surface area contributed by atoms with Crippen molar-refractivity contribution in [2.24, 2.45) is 0 Å². The van der Waals surface area contributed by atoms with Gasteiger partial charge in [0.25, 0.3) is 0 Å². The lowest BCUT2D eigenvalue weighted by Gasteiger charge is -2.05. The second-order valence-electron chi connectivity index (χ2n) is 2.65. The number of rotatable bonds is 1. The van der Waals surface area contributed by atoms with Crippen LogP contribution in [0.1, 0.15) is 0 Å². The third-order valence-electron chi connectivity index (χ3n) is 1.74. The molecule has 1 aromatic heterocycles. The van der Waals surface area contributed by atoms with Crippen LogP contribution in [0.4, 0.5) is 5.69 Å². The summed E-state index contributed by atoms with van der Waals surface area (Å²) in [4.78, 5) is 0. The molecular weight excluding hydrogens is 277 g/mol. The van der Waals surface area contributed by atoms with Gasteiger partial charge in [-0.1, -0.05) is 0 Å². The molecule has 0 atom stereocenters. The molecule has 66 valence electrons. The third-order valence-corrected chi connectivity index (χ3v) is 2.41. The van der Waals surface area contributed by atoms with Gasteiger partial charge in [-0.05, 0) is 46.9 Å². The summed E-state index contributed by atoms with van der Waals surface area (Å²) in [5, 5.41) is 4.11. The van der Waals surface area contributed by atoms with Crippen molar-refractivity contribution >= 4 is 28.3 Å². The number of aromatic nitrogens is 2. The van der Waals surface area contributed by atoms with E-state index in [0.717, 1.165) is 14.9 Å². The van der Waals surface area contributed by atoms with Crippen molar-refractivity contribution < 1.29 is 0 Å². The van der Waals surface area contributed by atoms with E-state index < -0.39 is 0 Å². The summed E-state index contributed by atoms with van der Waals surface area (Å²) in [5.74, 6) is 0. The number of anilines is 1. The zero-order valence-electron chi connectivity index (χ0n) is 6.81. The van der Waals surface area contributed by atoms with E-state index in [0.29, 0.717) is 0 Å². The SMILES string of the molecule is Nc1cc(I)ccc1-n1cccn1. The number of benzene rings is 1. The van der Waals surface area contributed by atoms with E-state index in [4.69, 9.17) is 5.73 Å². The Labute approximate surface area is 89.7 Å². The summed E-state index contributed by atoms with van der Waals surface area (Å²) in [7, 11) is 0. The van der Waals surface area contributed by atoms with Crippen molar-refractivity contribution in [2.75, 3.05) is 5.73 Å². The van der Waals surface area contributed by atoms with E-state index in [1.165, 1.54) is 0 Å². The Morgan fingerprint density at radius 2 is 2.23 bits per heavy atom. The van der Waals surface area contributed by atoms with Gasteiger partial charge in [0.2, 0.25) is 0 Å². The number of halogens is 1. The van der Waals surface area contributed by atoms with Crippen LogP contribution in [-0.2, 0) is 0 Å². The van der Waals surface area contributed by atoms with E-state index in [1.54, 1.807) is 10.9 Å². The molecule has 0 spiro atoms. The van der Waals surface area contributed by atoms with Gasteiger partial charge < -0.3 is 5.73 Å². The van der Waals surface area contributed by atoms with Gasteiger partial charge in [0.05, 0.1) is 11.4 Å². The van der Waals surface area contributed by atoms with Gasteiger partial charge in [-0.15, -0.1) is 0 Å². The molecule has 1 aromatic carbocycles. The minimum absolute atomic E-state index is 0.746. The topological polar surface area (TPSA) is 43.8 Å². The van der Waals surface area contributed by atoms with Crippen LogP contribution in [0.15, 0.2) is 36.7 Å². The van der Waals surface area contributed by atoms with Crippen LogP contribution >= 0.6 is 22.6 Å². The van der Waals surface area contributed by atoms with Gasteiger partial charge in [0.15, 0.2) is 0 Å². The fourth-order valence-electron chi connectivity index (χ4n) is 1.15. The van der Waals surface area contributed by atoms with Crippen molar-refractivity contribution in [1.82, 2.24) is 9.78 Å². The minimum atomic E-state index is 0.746. The Balaban J connectivity index is 2.53. The quantitative estimate of drug-likeness (QED) is 0.644. The van der Waals surface area contributed by atoms with Gasteiger partial charge in [0, 0.05) is 16.0 Å². The fraction of sp³-hybridized carbons (Fsp3) is 0. The standard InChI is InChI=1S/C9H8IN3/c10-7-2-3-9(8(11)6-7)13-5-1-4-12-13/h1-6H,11H2. The number of nitrogens with zero attached hydrogens (tertiary/aromatic N) is 2. The smallest absolute Gasteiger partial charge is 0.0875 e. The maximum atomic E-state index is 5.85. The second-order valence-corrected chi connectivity index (χ2v) is 3.90. The van der Waals surface area contributed by atoms with E-state index in [1.807, 2.05) is 30.5 Å². The van der Waals surface area contributed by atoms with E-state index in [-0.39, 0.29) is 0 Å². The summed E-state index contributed by atoms with van der Waals surface area (Å²) in [5.41, 5.74) is 7.51. The monoisotopic (exact) mass is 285 g/mol. The molecule has 0 saturated heterocycles. The molecule has 0 aliphatic carbocycles. The molecule has 0 unspecified atom stereocenters. The molecule has 0 fully saturated rings. The molecule has 2 aromatic rings. The molecule has 0 radical (unpaired) electrons. The van der Waals surface area contributed by atoms with Crippen LogP contribution < -0.4 is 5.73 Å². The van der Waals surface area contributed by atoms with Gasteiger partial charge in [-0.2, -0.15) is 5.10 Å². The lowest BCUT2D eigenvalue weighted by molar-refractivity contribution is 0.882. The Morgan fingerprint density at radius 3 is 2.85 bits per heavy atom. The van der Waals surface area contributed by atoms with Crippen molar-refractivity contribution in [3.63, 3.8) is 0 Å². The average molecular weight is 285 g/mol.